The third-order valence-corrected chi connectivity index (χ3v) is 3.86. The van der Waals surface area contributed by atoms with E-state index in [1.54, 1.807) is 11.3 Å². The van der Waals surface area contributed by atoms with E-state index in [1.807, 2.05) is 20.8 Å². The van der Waals surface area contributed by atoms with Crippen LogP contribution < -0.4 is 0 Å². The number of ketones is 1. The predicted octanol–water partition coefficient (Wildman–Crippen LogP) is 4.38. The fourth-order valence-corrected chi connectivity index (χ4v) is 2.61. The van der Waals surface area contributed by atoms with Gasteiger partial charge in [0.05, 0.1) is 10.7 Å². The van der Waals surface area contributed by atoms with Gasteiger partial charge >= 0.3 is 0 Å². The molecule has 1 aromatic rings. The molecule has 0 unspecified atom stereocenters. The summed E-state index contributed by atoms with van der Waals surface area (Å²) in [7, 11) is 0. The Morgan fingerprint density at radius 3 is 2.28 bits per heavy atom. The first-order chi connectivity index (χ1) is 8.10. The van der Waals surface area contributed by atoms with Crippen LogP contribution in [-0.4, -0.2) is 10.8 Å². The van der Waals surface area contributed by atoms with Crippen molar-refractivity contribution in [1.82, 2.24) is 4.98 Å². The molecule has 1 rings (SSSR count). The summed E-state index contributed by atoms with van der Waals surface area (Å²) < 4.78 is 0. The van der Waals surface area contributed by atoms with Crippen molar-refractivity contribution in [2.75, 3.05) is 0 Å². The number of hydrogen-bond donors (Lipinski definition) is 0. The highest BCUT2D eigenvalue weighted by Crippen LogP contribution is 2.25. The standard InChI is InChI=1S/C15H25NOS/c1-14(2,3)11-10-18-13(16-11)9-7-8-12(17)15(4,5)6/h10H,7-9H2,1-6H3. The Kier molecular flexibility index (Phi) is 4.71. The number of carbonyl (C=O) groups is 1. The Bertz CT molecular complexity index is 407. The van der Waals surface area contributed by atoms with Crippen LogP contribution in [0.4, 0.5) is 0 Å². The number of hydrogen-bond acceptors (Lipinski definition) is 3. The van der Waals surface area contributed by atoms with E-state index in [9.17, 15) is 4.79 Å². The van der Waals surface area contributed by atoms with Crippen molar-refractivity contribution in [2.24, 2.45) is 5.41 Å². The topological polar surface area (TPSA) is 30.0 Å². The maximum Gasteiger partial charge on any atom is 0.138 e. The van der Waals surface area contributed by atoms with Gasteiger partial charge in [0.15, 0.2) is 0 Å². The largest absolute Gasteiger partial charge is 0.299 e. The Morgan fingerprint density at radius 1 is 1.22 bits per heavy atom. The lowest BCUT2D eigenvalue weighted by atomic mass is 9.88. The van der Waals surface area contributed by atoms with Crippen LogP contribution in [0.1, 0.15) is 65.1 Å². The van der Waals surface area contributed by atoms with Crippen molar-refractivity contribution >= 4 is 17.1 Å². The second-order valence-electron chi connectivity index (χ2n) is 6.90. The third kappa shape index (κ3) is 4.52. The Balaban J connectivity index is 2.46. The summed E-state index contributed by atoms with van der Waals surface area (Å²) >= 11 is 1.71. The molecule has 0 radical (unpaired) electrons. The number of carbonyl (C=O) groups excluding carboxylic acids is 1. The first kappa shape index (κ1) is 15.4. The highest BCUT2D eigenvalue weighted by Gasteiger charge is 2.21. The molecule has 0 N–H and O–H groups in total. The van der Waals surface area contributed by atoms with Crippen LogP contribution in [0.5, 0.6) is 0 Å². The number of aryl methyl sites for hydroxylation is 1. The van der Waals surface area contributed by atoms with Gasteiger partial charge in [-0.15, -0.1) is 11.3 Å². The van der Waals surface area contributed by atoms with Gasteiger partial charge in [-0.05, 0) is 12.8 Å². The van der Waals surface area contributed by atoms with Crippen LogP contribution in [0.2, 0.25) is 0 Å². The molecule has 102 valence electrons. The first-order valence-corrected chi connectivity index (χ1v) is 7.47. The molecule has 0 bridgehead atoms. The van der Waals surface area contributed by atoms with Gasteiger partial charge < -0.3 is 0 Å². The molecule has 1 aromatic heterocycles. The van der Waals surface area contributed by atoms with Crippen LogP contribution in [0, 0.1) is 5.41 Å². The number of aromatic nitrogens is 1. The summed E-state index contributed by atoms with van der Waals surface area (Å²) in [5.74, 6) is 0.343. The van der Waals surface area contributed by atoms with E-state index in [2.05, 4.69) is 31.1 Å². The highest BCUT2D eigenvalue weighted by molar-refractivity contribution is 7.09. The second kappa shape index (κ2) is 5.52. The minimum absolute atomic E-state index is 0.121. The van der Waals surface area contributed by atoms with E-state index in [1.165, 1.54) is 0 Å². The van der Waals surface area contributed by atoms with Gasteiger partial charge in [0, 0.05) is 22.6 Å². The molecule has 0 saturated heterocycles. The molecule has 0 atom stereocenters. The van der Waals surface area contributed by atoms with Crippen molar-refractivity contribution < 1.29 is 4.79 Å². The summed E-state index contributed by atoms with van der Waals surface area (Å²) in [5, 5.41) is 3.29. The van der Waals surface area contributed by atoms with E-state index >= 15 is 0 Å². The lowest BCUT2D eigenvalue weighted by molar-refractivity contribution is -0.126. The molecule has 0 aliphatic heterocycles. The normalized spacial score (nSPS) is 12.8. The van der Waals surface area contributed by atoms with E-state index in [4.69, 9.17) is 0 Å². The van der Waals surface area contributed by atoms with Gasteiger partial charge in [0.1, 0.15) is 5.78 Å². The number of Topliss-reactive ketones (excluding diaryl/α,β-unsaturated/α-hetero) is 1. The number of thiazole rings is 1. The lowest BCUT2D eigenvalue weighted by Crippen LogP contribution is -2.19. The summed E-state index contributed by atoms with van der Waals surface area (Å²) in [6, 6.07) is 0. The van der Waals surface area contributed by atoms with Crippen molar-refractivity contribution in [2.45, 2.75) is 66.2 Å². The van der Waals surface area contributed by atoms with Gasteiger partial charge in [-0.25, -0.2) is 4.98 Å². The number of rotatable bonds is 4. The molecule has 0 aromatic carbocycles. The zero-order chi connectivity index (χ0) is 14.0. The van der Waals surface area contributed by atoms with E-state index in [-0.39, 0.29) is 10.8 Å². The highest BCUT2D eigenvalue weighted by atomic mass is 32.1. The van der Waals surface area contributed by atoms with Crippen molar-refractivity contribution in [1.29, 1.82) is 0 Å². The van der Waals surface area contributed by atoms with Crippen LogP contribution >= 0.6 is 11.3 Å². The fourth-order valence-electron chi connectivity index (χ4n) is 1.55. The molecule has 1 heterocycles. The quantitative estimate of drug-likeness (QED) is 0.810. The molecule has 2 nitrogen and oxygen atoms in total. The van der Waals surface area contributed by atoms with Crippen LogP contribution in [0.25, 0.3) is 0 Å². The molecule has 0 aliphatic carbocycles. The average Bonchev–Trinajstić information content (AvgIpc) is 2.64. The Hall–Kier alpha value is -0.700. The van der Waals surface area contributed by atoms with Gasteiger partial charge in [0.2, 0.25) is 0 Å². The van der Waals surface area contributed by atoms with Crippen molar-refractivity contribution in [3.05, 3.63) is 16.1 Å². The van der Waals surface area contributed by atoms with Gasteiger partial charge in [-0.3, -0.25) is 4.79 Å². The van der Waals surface area contributed by atoms with Gasteiger partial charge in [-0.2, -0.15) is 0 Å². The Morgan fingerprint density at radius 2 is 1.83 bits per heavy atom. The van der Waals surface area contributed by atoms with E-state index < -0.39 is 0 Å². The molecule has 0 fully saturated rings. The van der Waals surface area contributed by atoms with Crippen molar-refractivity contribution in [3.63, 3.8) is 0 Å². The smallest absolute Gasteiger partial charge is 0.138 e. The SMILES string of the molecule is CC(C)(C)C(=O)CCCc1nc(C(C)(C)C)cs1. The average molecular weight is 267 g/mol. The molecular formula is C15H25NOS. The third-order valence-electron chi connectivity index (χ3n) is 2.95. The summed E-state index contributed by atoms with van der Waals surface area (Å²) in [6.45, 7) is 12.5. The molecule has 0 saturated carbocycles. The zero-order valence-electron chi connectivity index (χ0n) is 12.5. The van der Waals surface area contributed by atoms with E-state index in [0.29, 0.717) is 12.2 Å². The first-order valence-electron chi connectivity index (χ1n) is 6.59. The zero-order valence-corrected chi connectivity index (χ0v) is 13.3. The second-order valence-corrected chi connectivity index (χ2v) is 7.85. The van der Waals surface area contributed by atoms with Crippen LogP contribution in [0.3, 0.4) is 0 Å². The molecule has 0 amide bonds. The van der Waals surface area contributed by atoms with Gasteiger partial charge in [-0.1, -0.05) is 41.5 Å². The van der Waals surface area contributed by atoms with Crippen LogP contribution in [0.15, 0.2) is 5.38 Å². The lowest BCUT2D eigenvalue weighted by Gasteiger charge is -2.16. The summed E-state index contributed by atoms with van der Waals surface area (Å²) in [5.41, 5.74) is 1.07. The maximum absolute atomic E-state index is 11.8. The molecule has 18 heavy (non-hydrogen) atoms. The fraction of sp³-hybridized carbons (Fsp3) is 0.733. The number of nitrogens with zero attached hydrogens (tertiary/aromatic N) is 1. The van der Waals surface area contributed by atoms with Crippen LogP contribution in [-0.2, 0) is 16.6 Å². The summed E-state index contributed by atoms with van der Waals surface area (Å²) in [6.07, 6.45) is 2.49. The minimum atomic E-state index is -0.209. The molecular weight excluding hydrogens is 242 g/mol. The van der Waals surface area contributed by atoms with Gasteiger partial charge in [0.25, 0.3) is 0 Å². The minimum Gasteiger partial charge on any atom is -0.299 e. The predicted molar refractivity (Wildman–Crippen MR) is 78.2 cm³/mol. The molecule has 3 heteroatoms. The Labute approximate surface area is 115 Å². The monoisotopic (exact) mass is 267 g/mol. The van der Waals surface area contributed by atoms with Crippen molar-refractivity contribution in [3.8, 4) is 0 Å². The maximum atomic E-state index is 11.8. The molecule has 0 spiro atoms. The van der Waals surface area contributed by atoms with E-state index in [0.717, 1.165) is 23.5 Å². The molecule has 0 aliphatic rings. The summed E-state index contributed by atoms with van der Waals surface area (Å²) in [4.78, 5) is 16.5.